The number of nitrogens with zero attached hydrogens (tertiary/aromatic N) is 6. The molecule has 0 fully saturated rings. The molecule has 0 atom stereocenters. The summed E-state index contributed by atoms with van der Waals surface area (Å²) in [5.41, 5.74) is 1.05. The van der Waals surface area contributed by atoms with Crippen molar-refractivity contribution in [1.82, 2.24) is 24.6 Å². The molecular formula is C17H13F3N7O+. The van der Waals surface area contributed by atoms with Crippen molar-refractivity contribution >= 4 is 17.2 Å². The van der Waals surface area contributed by atoms with Crippen LogP contribution in [-0.4, -0.2) is 31.2 Å². The van der Waals surface area contributed by atoms with E-state index in [-0.39, 0.29) is 5.88 Å². The minimum Gasteiger partial charge on any atom is -0.417 e. The quantitative estimate of drug-likeness (QED) is 0.530. The van der Waals surface area contributed by atoms with Gasteiger partial charge in [0, 0.05) is 19.1 Å². The summed E-state index contributed by atoms with van der Waals surface area (Å²) >= 11 is 0. The second kappa shape index (κ2) is 7.10. The lowest BCUT2D eigenvalue weighted by molar-refractivity contribution is -0.601. The number of hydrogen-bond acceptors (Lipinski definition) is 6. The highest BCUT2D eigenvalue weighted by Crippen LogP contribution is 2.18. The highest BCUT2D eigenvalue weighted by molar-refractivity contribution is 5.55. The number of pyridine rings is 2. The third-order valence-corrected chi connectivity index (χ3v) is 3.73. The molecule has 4 aromatic rings. The van der Waals surface area contributed by atoms with Crippen molar-refractivity contribution in [3.05, 3.63) is 60.7 Å². The SMILES string of the molecule is Cc1nc2ccc(F)c[n+]2n1-c1cncc(Nc2ccc(OC(F)F)nc2)n1. The van der Waals surface area contributed by atoms with Crippen molar-refractivity contribution in [2.75, 3.05) is 5.32 Å². The molecular weight excluding hydrogens is 375 g/mol. The Morgan fingerprint density at radius 3 is 2.71 bits per heavy atom. The molecule has 0 aromatic carbocycles. The molecule has 0 aliphatic carbocycles. The van der Waals surface area contributed by atoms with Gasteiger partial charge in [-0.25, -0.2) is 14.4 Å². The molecule has 0 bridgehead atoms. The maximum Gasteiger partial charge on any atom is 0.388 e. The molecule has 0 aliphatic rings. The van der Waals surface area contributed by atoms with Gasteiger partial charge in [0.25, 0.3) is 5.82 Å². The van der Waals surface area contributed by atoms with Crippen LogP contribution < -0.4 is 14.6 Å². The lowest BCUT2D eigenvalue weighted by Gasteiger charge is -2.08. The molecule has 11 heteroatoms. The fourth-order valence-electron chi connectivity index (χ4n) is 2.63. The van der Waals surface area contributed by atoms with Gasteiger partial charge in [-0.1, -0.05) is 0 Å². The number of rotatable bonds is 5. The number of aromatic nitrogens is 6. The predicted octanol–water partition coefficient (Wildman–Crippen LogP) is 2.59. The Morgan fingerprint density at radius 2 is 1.96 bits per heavy atom. The van der Waals surface area contributed by atoms with Crippen LogP contribution in [0.3, 0.4) is 0 Å². The van der Waals surface area contributed by atoms with Crippen LogP contribution in [0.25, 0.3) is 11.5 Å². The third-order valence-electron chi connectivity index (χ3n) is 3.73. The standard InChI is InChI=1S/C17H13F3N7O/c1-10-23-14-4-2-11(18)9-26(14)27(10)15-8-21-7-13(25-15)24-12-3-5-16(22-6-12)28-17(19)20/h2-9,17H,1H3,(H,24,25)/q+1. The Kier molecular flexibility index (Phi) is 4.47. The van der Waals surface area contributed by atoms with Crippen molar-refractivity contribution in [1.29, 1.82) is 0 Å². The van der Waals surface area contributed by atoms with E-state index in [0.29, 0.717) is 28.8 Å². The molecule has 0 aliphatic heterocycles. The van der Waals surface area contributed by atoms with Gasteiger partial charge in [0.15, 0.2) is 23.6 Å². The summed E-state index contributed by atoms with van der Waals surface area (Å²) in [4.78, 5) is 16.7. The summed E-state index contributed by atoms with van der Waals surface area (Å²) in [5, 5.41) is 2.97. The molecule has 0 saturated carbocycles. The predicted molar refractivity (Wildman–Crippen MR) is 91.2 cm³/mol. The Hall–Kier alpha value is -3.76. The van der Waals surface area contributed by atoms with Crippen molar-refractivity contribution in [3.63, 3.8) is 0 Å². The molecule has 4 rings (SSSR count). The van der Waals surface area contributed by atoms with Gasteiger partial charge < -0.3 is 10.1 Å². The third kappa shape index (κ3) is 3.54. The molecule has 0 amide bonds. The van der Waals surface area contributed by atoms with Gasteiger partial charge in [0.2, 0.25) is 5.88 Å². The van der Waals surface area contributed by atoms with Crippen molar-refractivity contribution in [3.8, 4) is 11.7 Å². The Labute approximate surface area is 156 Å². The Morgan fingerprint density at radius 1 is 1.11 bits per heavy atom. The van der Waals surface area contributed by atoms with Crippen LogP contribution in [0.4, 0.5) is 24.7 Å². The van der Waals surface area contributed by atoms with E-state index in [0.717, 1.165) is 0 Å². The summed E-state index contributed by atoms with van der Waals surface area (Å²) in [6.07, 6.45) is 5.61. The summed E-state index contributed by atoms with van der Waals surface area (Å²) in [7, 11) is 0. The molecule has 0 spiro atoms. The molecule has 4 aromatic heterocycles. The van der Waals surface area contributed by atoms with E-state index in [9.17, 15) is 13.2 Å². The van der Waals surface area contributed by atoms with Gasteiger partial charge in [-0.15, -0.1) is 9.20 Å². The minimum absolute atomic E-state index is 0.195. The first-order valence-corrected chi connectivity index (χ1v) is 8.06. The highest BCUT2D eigenvalue weighted by Gasteiger charge is 2.20. The molecule has 142 valence electrons. The fraction of sp³-hybridized carbons (Fsp3) is 0.118. The number of alkyl halides is 2. The van der Waals surface area contributed by atoms with Gasteiger partial charge in [0.05, 0.1) is 24.3 Å². The van der Waals surface area contributed by atoms with Crippen LogP contribution in [0.15, 0.2) is 49.1 Å². The minimum atomic E-state index is -2.94. The van der Waals surface area contributed by atoms with E-state index in [4.69, 9.17) is 0 Å². The number of fused-ring (bicyclic) bond motifs is 1. The zero-order valence-corrected chi connectivity index (χ0v) is 14.4. The van der Waals surface area contributed by atoms with Crippen molar-refractivity contribution in [2.24, 2.45) is 0 Å². The average Bonchev–Trinajstić information content (AvgIpc) is 2.98. The largest absolute Gasteiger partial charge is 0.417 e. The second-order valence-electron chi connectivity index (χ2n) is 5.67. The van der Waals surface area contributed by atoms with Crippen LogP contribution in [0.1, 0.15) is 5.82 Å². The normalized spacial score (nSPS) is 11.2. The van der Waals surface area contributed by atoms with E-state index in [2.05, 4.69) is 30.0 Å². The molecule has 0 unspecified atom stereocenters. The van der Waals surface area contributed by atoms with Gasteiger partial charge in [-0.3, -0.25) is 4.98 Å². The molecule has 0 radical (unpaired) electrons. The number of aryl methyl sites for hydroxylation is 1. The van der Waals surface area contributed by atoms with Crippen LogP contribution in [0.5, 0.6) is 5.88 Å². The van der Waals surface area contributed by atoms with Crippen LogP contribution >= 0.6 is 0 Å². The van der Waals surface area contributed by atoms with E-state index in [1.807, 2.05) is 0 Å². The van der Waals surface area contributed by atoms with E-state index in [1.165, 1.54) is 47.5 Å². The first-order valence-electron chi connectivity index (χ1n) is 8.06. The maximum atomic E-state index is 13.6. The first-order chi connectivity index (χ1) is 13.5. The molecule has 4 heterocycles. The molecule has 1 N–H and O–H groups in total. The second-order valence-corrected chi connectivity index (χ2v) is 5.67. The smallest absolute Gasteiger partial charge is 0.388 e. The average molecular weight is 388 g/mol. The Balaban J connectivity index is 1.64. The molecule has 28 heavy (non-hydrogen) atoms. The summed E-state index contributed by atoms with van der Waals surface area (Å²) in [5.74, 6) is 0.760. The van der Waals surface area contributed by atoms with Crippen LogP contribution in [0, 0.1) is 12.7 Å². The Bertz CT molecular complexity index is 1130. The summed E-state index contributed by atoms with van der Waals surface area (Å²) < 4.78 is 45.4. The van der Waals surface area contributed by atoms with Gasteiger partial charge in [-0.05, 0) is 17.1 Å². The van der Waals surface area contributed by atoms with E-state index < -0.39 is 12.4 Å². The number of ether oxygens (including phenoxy) is 1. The van der Waals surface area contributed by atoms with Gasteiger partial charge in [0.1, 0.15) is 0 Å². The lowest BCUT2D eigenvalue weighted by Crippen LogP contribution is -2.33. The maximum absolute atomic E-state index is 13.6. The van der Waals surface area contributed by atoms with Gasteiger partial charge >= 0.3 is 12.3 Å². The topological polar surface area (TPSA) is 81.9 Å². The highest BCUT2D eigenvalue weighted by atomic mass is 19.3. The summed E-state index contributed by atoms with van der Waals surface area (Å²) in [6, 6.07) is 5.70. The van der Waals surface area contributed by atoms with Crippen molar-refractivity contribution < 1.29 is 22.4 Å². The van der Waals surface area contributed by atoms with Crippen LogP contribution in [0.2, 0.25) is 0 Å². The number of halogens is 3. The monoisotopic (exact) mass is 388 g/mol. The summed E-state index contributed by atoms with van der Waals surface area (Å²) in [6.45, 7) is -1.18. The number of hydrogen-bond donors (Lipinski definition) is 1. The van der Waals surface area contributed by atoms with E-state index >= 15 is 0 Å². The van der Waals surface area contributed by atoms with Gasteiger partial charge in [-0.2, -0.15) is 8.78 Å². The molecule has 0 saturated heterocycles. The van der Waals surface area contributed by atoms with E-state index in [1.54, 1.807) is 17.7 Å². The zero-order chi connectivity index (χ0) is 19.7. The fourth-order valence-corrected chi connectivity index (χ4v) is 2.63. The number of anilines is 2. The number of nitrogens with one attached hydrogen (secondary N) is 1. The van der Waals surface area contributed by atoms with Crippen molar-refractivity contribution in [2.45, 2.75) is 13.5 Å². The molecule has 8 nitrogen and oxygen atoms in total. The van der Waals surface area contributed by atoms with Crippen LogP contribution in [-0.2, 0) is 0 Å². The zero-order valence-electron chi connectivity index (χ0n) is 14.4. The lowest BCUT2D eigenvalue weighted by atomic mass is 10.4. The first kappa shape index (κ1) is 17.6.